The van der Waals surface area contributed by atoms with Crippen LogP contribution in [0, 0.1) is 0 Å². The van der Waals surface area contributed by atoms with E-state index in [2.05, 4.69) is 10.2 Å². The highest BCUT2D eigenvalue weighted by molar-refractivity contribution is 7.07. The predicted molar refractivity (Wildman–Crippen MR) is 87.9 cm³/mol. The predicted octanol–water partition coefficient (Wildman–Crippen LogP) is 3.23. The van der Waals surface area contributed by atoms with Crippen LogP contribution in [0.2, 0.25) is 0 Å². The monoisotopic (exact) mass is 318 g/mol. The van der Waals surface area contributed by atoms with Crippen molar-refractivity contribution in [1.82, 2.24) is 10.2 Å². The lowest BCUT2D eigenvalue weighted by Crippen LogP contribution is -2.40. The van der Waals surface area contributed by atoms with Crippen molar-refractivity contribution in [3.8, 4) is 0 Å². The van der Waals surface area contributed by atoms with Gasteiger partial charge in [-0.2, -0.15) is 11.3 Å². The Morgan fingerprint density at radius 1 is 1.32 bits per heavy atom. The zero-order valence-corrected chi connectivity index (χ0v) is 13.5. The van der Waals surface area contributed by atoms with Crippen molar-refractivity contribution in [2.75, 3.05) is 19.6 Å². The van der Waals surface area contributed by atoms with Crippen LogP contribution in [0.1, 0.15) is 36.6 Å². The van der Waals surface area contributed by atoms with E-state index < -0.39 is 0 Å². The van der Waals surface area contributed by atoms with Gasteiger partial charge < -0.3 is 9.73 Å². The van der Waals surface area contributed by atoms with E-state index in [0.717, 1.165) is 24.4 Å². The van der Waals surface area contributed by atoms with Crippen molar-refractivity contribution < 1.29 is 9.21 Å². The highest BCUT2D eigenvalue weighted by Crippen LogP contribution is 2.24. The minimum Gasteiger partial charge on any atom is -0.468 e. The van der Waals surface area contributed by atoms with Crippen LogP contribution in [0.25, 0.3) is 0 Å². The van der Waals surface area contributed by atoms with Crippen molar-refractivity contribution in [2.24, 2.45) is 0 Å². The number of carbonyl (C=O) groups excluding carboxylic acids is 1. The first-order valence-corrected chi connectivity index (χ1v) is 8.82. The van der Waals surface area contributed by atoms with Crippen molar-refractivity contribution in [2.45, 2.75) is 31.7 Å². The summed E-state index contributed by atoms with van der Waals surface area (Å²) < 4.78 is 5.60. The molecule has 0 bridgehead atoms. The summed E-state index contributed by atoms with van der Waals surface area (Å²) >= 11 is 1.62. The third kappa shape index (κ3) is 3.99. The van der Waals surface area contributed by atoms with Crippen molar-refractivity contribution in [3.05, 3.63) is 46.5 Å². The number of nitrogens with one attached hydrogen (secondary N) is 1. The van der Waals surface area contributed by atoms with E-state index in [1.54, 1.807) is 17.6 Å². The molecule has 5 heteroatoms. The molecular weight excluding hydrogens is 296 g/mol. The summed E-state index contributed by atoms with van der Waals surface area (Å²) in [5, 5.41) is 7.09. The maximum Gasteiger partial charge on any atom is 0.224 e. The van der Waals surface area contributed by atoms with E-state index in [1.807, 2.05) is 29.0 Å². The molecule has 1 amide bonds. The molecule has 1 N–H and O–H groups in total. The summed E-state index contributed by atoms with van der Waals surface area (Å²) in [6.45, 7) is 2.76. The van der Waals surface area contributed by atoms with E-state index >= 15 is 0 Å². The number of furan rings is 1. The number of nitrogens with zero attached hydrogens (tertiary/aromatic N) is 1. The molecule has 0 aromatic carbocycles. The van der Waals surface area contributed by atoms with Crippen LogP contribution in [-0.4, -0.2) is 30.4 Å². The Labute approximate surface area is 135 Å². The molecule has 0 radical (unpaired) electrons. The van der Waals surface area contributed by atoms with Crippen LogP contribution in [0.15, 0.2) is 39.6 Å². The quantitative estimate of drug-likeness (QED) is 0.889. The Kier molecular flexibility index (Phi) is 5.29. The third-order valence-corrected chi connectivity index (χ3v) is 4.87. The molecular formula is C17H22N2O2S. The van der Waals surface area contributed by atoms with Gasteiger partial charge in [-0.25, -0.2) is 0 Å². The summed E-state index contributed by atoms with van der Waals surface area (Å²) in [6.07, 6.45) is 5.90. The minimum atomic E-state index is 0.0759. The largest absolute Gasteiger partial charge is 0.468 e. The Morgan fingerprint density at radius 2 is 2.18 bits per heavy atom. The van der Waals surface area contributed by atoms with Gasteiger partial charge >= 0.3 is 0 Å². The molecule has 1 aliphatic heterocycles. The first-order valence-electron chi connectivity index (χ1n) is 7.88. The lowest BCUT2D eigenvalue weighted by Gasteiger charge is -2.33. The van der Waals surface area contributed by atoms with Gasteiger partial charge in [0.05, 0.1) is 18.7 Å². The first-order chi connectivity index (χ1) is 10.8. The Balaban J connectivity index is 1.59. The lowest BCUT2D eigenvalue weighted by atomic mass is 10.1. The van der Waals surface area contributed by atoms with Gasteiger partial charge in [-0.1, -0.05) is 6.42 Å². The molecule has 0 saturated carbocycles. The van der Waals surface area contributed by atoms with E-state index in [0.29, 0.717) is 13.0 Å². The maximum atomic E-state index is 12.1. The van der Waals surface area contributed by atoms with Gasteiger partial charge in [0.1, 0.15) is 5.76 Å². The van der Waals surface area contributed by atoms with Gasteiger partial charge in [-0.05, 0) is 60.5 Å². The topological polar surface area (TPSA) is 45.5 Å². The molecule has 118 valence electrons. The average Bonchev–Trinajstić information content (AvgIpc) is 3.22. The van der Waals surface area contributed by atoms with Crippen LogP contribution in [0.5, 0.6) is 0 Å². The molecule has 0 spiro atoms. The highest BCUT2D eigenvalue weighted by Gasteiger charge is 2.24. The number of thiophene rings is 1. The minimum absolute atomic E-state index is 0.0759. The Morgan fingerprint density at radius 3 is 2.86 bits per heavy atom. The van der Waals surface area contributed by atoms with Gasteiger partial charge in [0.15, 0.2) is 0 Å². The van der Waals surface area contributed by atoms with Crippen LogP contribution >= 0.6 is 11.3 Å². The van der Waals surface area contributed by atoms with Crippen molar-refractivity contribution in [1.29, 1.82) is 0 Å². The fraction of sp³-hybridized carbons (Fsp3) is 0.471. The van der Waals surface area contributed by atoms with Gasteiger partial charge in [0.2, 0.25) is 5.91 Å². The van der Waals surface area contributed by atoms with Crippen LogP contribution < -0.4 is 5.32 Å². The second-order valence-electron chi connectivity index (χ2n) is 5.74. The van der Waals surface area contributed by atoms with E-state index in [4.69, 9.17) is 4.42 Å². The van der Waals surface area contributed by atoms with Gasteiger partial charge in [-0.15, -0.1) is 0 Å². The molecule has 1 fully saturated rings. The van der Waals surface area contributed by atoms with Crippen LogP contribution in [-0.2, 0) is 11.2 Å². The number of hydrogen-bond donors (Lipinski definition) is 1. The van der Waals surface area contributed by atoms with E-state index in [1.165, 1.54) is 19.3 Å². The molecule has 0 unspecified atom stereocenters. The van der Waals surface area contributed by atoms with Crippen molar-refractivity contribution >= 4 is 17.2 Å². The van der Waals surface area contributed by atoms with Crippen molar-refractivity contribution in [3.63, 3.8) is 0 Å². The normalized spacial score (nSPS) is 17.3. The van der Waals surface area contributed by atoms with Crippen LogP contribution in [0.3, 0.4) is 0 Å². The lowest BCUT2D eigenvalue weighted by molar-refractivity contribution is -0.120. The molecule has 0 aliphatic carbocycles. The zero-order valence-electron chi connectivity index (χ0n) is 12.7. The molecule has 2 aromatic rings. The number of rotatable bonds is 6. The molecule has 4 nitrogen and oxygen atoms in total. The molecule has 22 heavy (non-hydrogen) atoms. The average molecular weight is 318 g/mol. The molecule has 2 aromatic heterocycles. The SMILES string of the molecule is O=C(Cc1ccsc1)NC[C@@H](c1ccco1)N1CCCCC1. The fourth-order valence-corrected chi connectivity index (χ4v) is 3.64. The second-order valence-corrected chi connectivity index (χ2v) is 6.52. The summed E-state index contributed by atoms with van der Waals surface area (Å²) in [7, 11) is 0. The Hall–Kier alpha value is -1.59. The maximum absolute atomic E-state index is 12.1. The second kappa shape index (κ2) is 7.61. The summed E-state index contributed by atoms with van der Waals surface area (Å²) in [5.41, 5.74) is 1.08. The summed E-state index contributed by atoms with van der Waals surface area (Å²) in [4.78, 5) is 14.5. The van der Waals surface area contributed by atoms with Gasteiger partial charge in [0.25, 0.3) is 0 Å². The van der Waals surface area contributed by atoms with Gasteiger partial charge in [0, 0.05) is 6.54 Å². The number of carbonyl (C=O) groups is 1. The molecule has 1 saturated heterocycles. The fourth-order valence-electron chi connectivity index (χ4n) is 2.97. The number of amides is 1. The summed E-state index contributed by atoms with van der Waals surface area (Å²) in [5.74, 6) is 1.02. The molecule has 1 atom stereocenters. The Bertz CT molecular complexity index is 560. The standard InChI is InChI=1S/C17H22N2O2S/c20-17(11-14-6-10-22-13-14)18-12-15(16-5-4-9-21-16)19-7-2-1-3-8-19/h4-6,9-10,13,15H,1-3,7-8,11-12H2,(H,18,20)/t15-/m0/s1. The highest BCUT2D eigenvalue weighted by atomic mass is 32.1. The molecule has 3 rings (SSSR count). The smallest absolute Gasteiger partial charge is 0.224 e. The van der Waals surface area contributed by atoms with E-state index in [-0.39, 0.29) is 11.9 Å². The zero-order chi connectivity index (χ0) is 15.2. The summed E-state index contributed by atoms with van der Waals surface area (Å²) in [6, 6.07) is 6.06. The first kappa shape index (κ1) is 15.3. The molecule has 3 heterocycles. The van der Waals surface area contributed by atoms with E-state index in [9.17, 15) is 4.79 Å². The number of piperidine rings is 1. The third-order valence-electron chi connectivity index (χ3n) is 4.14. The number of hydrogen-bond acceptors (Lipinski definition) is 4. The number of likely N-dealkylation sites (tertiary alicyclic amines) is 1. The molecule has 1 aliphatic rings. The van der Waals surface area contributed by atoms with Crippen LogP contribution in [0.4, 0.5) is 0 Å². The van der Waals surface area contributed by atoms with Gasteiger partial charge in [-0.3, -0.25) is 9.69 Å².